The number of alkyl halides is 1. The molecule has 1 atom stereocenters. The van der Waals surface area contributed by atoms with E-state index in [-0.39, 0.29) is 10.8 Å². The summed E-state index contributed by atoms with van der Waals surface area (Å²) >= 11 is 5.39. The van der Waals surface area contributed by atoms with E-state index < -0.39 is 10.0 Å². The third-order valence-electron chi connectivity index (χ3n) is 2.58. The van der Waals surface area contributed by atoms with Gasteiger partial charge in [0.1, 0.15) is 5.21 Å². The van der Waals surface area contributed by atoms with Crippen LogP contribution < -0.4 is 0 Å². The Bertz CT molecular complexity index is 293. The molecule has 1 unspecified atom stereocenters. The molecule has 0 radical (unpaired) electrons. The lowest BCUT2D eigenvalue weighted by molar-refractivity contribution is -0.0786. The molecule has 0 aromatic carbocycles. The van der Waals surface area contributed by atoms with E-state index in [4.69, 9.17) is 16.3 Å². The average Bonchev–Trinajstić information content (AvgIpc) is 2.18. The molecule has 4 nitrogen and oxygen atoms in total. The van der Waals surface area contributed by atoms with E-state index in [1.165, 1.54) is 4.31 Å². The summed E-state index contributed by atoms with van der Waals surface area (Å²) in [6.07, 6.45) is 0.793. The van der Waals surface area contributed by atoms with Crippen molar-refractivity contribution < 1.29 is 13.2 Å². The van der Waals surface area contributed by atoms with Gasteiger partial charge in [0.05, 0.1) is 12.2 Å². The summed E-state index contributed by atoms with van der Waals surface area (Å²) in [5, 5.41) is -0.354. The van der Waals surface area contributed by atoms with Gasteiger partial charge in [-0.15, -0.1) is 11.6 Å². The maximum atomic E-state index is 11.5. The lowest BCUT2D eigenvalue weighted by Crippen LogP contribution is -2.51. The van der Waals surface area contributed by atoms with Gasteiger partial charge < -0.3 is 4.74 Å². The Morgan fingerprint density at radius 2 is 2.21 bits per heavy atom. The van der Waals surface area contributed by atoms with E-state index in [9.17, 15) is 8.42 Å². The Morgan fingerprint density at radius 3 is 2.71 bits per heavy atom. The Morgan fingerprint density at radius 1 is 1.57 bits per heavy atom. The predicted molar refractivity (Wildman–Crippen MR) is 55.9 cm³/mol. The van der Waals surface area contributed by atoms with Gasteiger partial charge in [0.2, 0.25) is 10.0 Å². The first-order valence-electron chi connectivity index (χ1n) is 4.61. The topological polar surface area (TPSA) is 46.6 Å². The van der Waals surface area contributed by atoms with Crippen LogP contribution in [0.25, 0.3) is 0 Å². The van der Waals surface area contributed by atoms with Crippen LogP contribution in [0.2, 0.25) is 0 Å². The highest BCUT2D eigenvalue weighted by atomic mass is 35.5. The lowest BCUT2D eigenvalue weighted by atomic mass is 10.0. The molecule has 0 saturated carbocycles. The van der Waals surface area contributed by atoms with Gasteiger partial charge in [0, 0.05) is 13.1 Å². The number of hydrogen-bond acceptors (Lipinski definition) is 3. The molecular formula is C8H16ClNO3S. The Kier molecular flexibility index (Phi) is 3.80. The van der Waals surface area contributed by atoms with Crippen LogP contribution in [0, 0.1) is 0 Å². The molecular weight excluding hydrogens is 226 g/mol. The van der Waals surface area contributed by atoms with E-state index in [2.05, 4.69) is 0 Å². The maximum Gasteiger partial charge on any atom is 0.228 e. The summed E-state index contributed by atoms with van der Waals surface area (Å²) in [4.78, 5) is 0. The molecule has 1 saturated heterocycles. The zero-order valence-corrected chi connectivity index (χ0v) is 10.1. The summed E-state index contributed by atoms with van der Waals surface area (Å²) in [6, 6.07) is 0. The zero-order valence-electron chi connectivity index (χ0n) is 8.49. The Balaban J connectivity index is 2.75. The van der Waals surface area contributed by atoms with Crippen molar-refractivity contribution in [2.45, 2.75) is 25.9 Å². The number of rotatable bonds is 3. The minimum Gasteiger partial charge on any atom is -0.373 e. The largest absolute Gasteiger partial charge is 0.373 e. The minimum absolute atomic E-state index is 0.354. The number of halogens is 1. The SMILES string of the molecule is CCC1(C)CN(S(=O)(=O)CCl)CCO1. The molecule has 1 fully saturated rings. The summed E-state index contributed by atoms with van der Waals surface area (Å²) in [5.74, 6) is 0. The van der Waals surface area contributed by atoms with Crippen molar-refractivity contribution >= 4 is 21.6 Å². The molecule has 14 heavy (non-hydrogen) atoms. The van der Waals surface area contributed by atoms with Gasteiger partial charge in [0.25, 0.3) is 0 Å². The van der Waals surface area contributed by atoms with E-state index >= 15 is 0 Å². The molecule has 0 spiro atoms. The van der Waals surface area contributed by atoms with Crippen molar-refractivity contribution in [2.75, 3.05) is 24.9 Å². The molecule has 0 aliphatic carbocycles. The third-order valence-corrected chi connectivity index (χ3v) is 4.78. The highest BCUT2D eigenvalue weighted by molar-refractivity contribution is 7.90. The third kappa shape index (κ3) is 2.59. The number of morpholine rings is 1. The number of sulfonamides is 1. The second-order valence-corrected chi connectivity index (χ2v) is 6.26. The smallest absolute Gasteiger partial charge is 0.228 e. The number of hydrogen-bond donors (Lipinski definition) is 0. The van der Waals surface area contributed by atoms with Crippen LogP contribution in [0.4, 0.5) is 0 Å². The first-order chi connectivity index (χ1) is 6.43. The van der Waals surface area contributed by atoms with Crippen LogP contribution in [0.3, 0.4) is 0 Å². The number of ether oxygens (including phenoxy) is 1. The van der Waals surface area contributed by atoms with Gasteiger partial charge in [-0.25, -0.2) is 8.42 Å². The lowest BCUT2D eigenvalue weighted by Gasteiger charge is -2.38. The fourth-order valence-corrected chi connectivity index (χ4v) is 2.79. The van der Waals surface area contributed by atoms with E-state index in [1.54, 1.807) is 0 Å². The highest BCUT2D eigenvalue weighted by Gasteiger charge is 2.35. The fraction of sp³-hybridized carbons (Fsp3) is 1.00. The van der Waals surface area contributed by atoms with Crippen molar-refractivity contribution in [2.24, 2.45) is 0 Å². The molecule has 1 aliphatic heterocycles. The molecule has 84 valence electrons. The molecule has 1 aliphatic rings. The summed E-state index contributed by atoms with van der Waals surface area (Å²) < 4.78 is 29.9. The van der Waals surface area contributed by atoms with Crippen molar-refractivity contribution in [3.05, 3.63) is 0 Å². The molecule has 1 rings (SSSR count). The fourth-order valence-electron chi connectivity index (χ4n) is 1.41. The maximum absolute atomic E-state index is 11.5. The van der Waals surface area contributed by atoms with Gasteiger partial charge in [0.15, 0.2) is 0 Å². The van der Waals surface area contributed by atoms with Gasteiger partial charge in [-0.3, -0.25) is 0 Å². The molecule has 0 bridgehead atoms. The quantitative estimate of drug-likeness (QED) is 0.693. The van der Waals surface area contributed by atoms with Crippen molar-refractivity contribution in [1.82, 2.24) is 4.31 Å². The summed E-state index contributed by atoms with van der Waals surface area (Å²) in [5.41, 5.74) is -0.364. The molecule has 6 heteroatoms. The normalized spacial score (nSPS) is 30.5. The van der Waals surface area contributed by atoms with Crippen LogP contribution >= 0.6 is 11.6 Å². The second kappa shape index (κ2) is 4.35. The Hall–Kier alpha value is 0.160. The van der Waals surface area contributed by atoms with Crippen LogP contribution in [0.15, 0.2) is 0 Å². The number of nitrogens with zero attached hydrogens (tertiary/aromatic N) is 1. The summed E-state index contributed by atoms with van der Waals surface area (Å²) in [7, 11) is -3.28. The van der Waals surface area contributed by atoms with Crippen molar-refractivity contribution in [1.29, 1.82) is 0 Å². The van der Waals surface area contributed by atoms with Crippen LogP contribution in [0.1, 0.15) is 20.3 Å². The van der Waals surface area contributed by atoms with Gasteiger partial charge in [-0.05, 0) is 13.3 Å². The first kappa shape index (κ1) is 12.2. The standard InChI is InChI=1S/C8H16ClNO3S/c1-3-8(2)6-10(4-5-13-8)14(11,12)7-9/h3-7H2,1-2H3. The summed E-state index contributed by atoms with van der Waals surface area (Å²) in [6.45, 7) is 5.16. The van der Waals surface area contributed by atoms with Crippen molar-refractivity contribution in [3.8, 4) is 0 Å². The van der Waals surface area contributed by atoms with Crippen LogP contribution in [0.5, 0.6) is 0 Å². The van der Waals surface area contributed by atoms with Crippen LogP contribution in [-0.4, -0.2) is 43.2 Å². The molecule has 0 amide bonds. The minimum atomic E-state index is -3.28. The van der Waals surface area contributed by atoms with E-state index in [0.717, 1.165) is 6.42 Å². The molecule has 0 aromatic rings. The van der Waals surface area contributed by atoms with Crippen molar-refractivity contribution in [3.63, 3.8) is 0 Å². The second-order valence-electron chi connectivity index (χ2n) is 3.71. The van der Waals surface area contributed by atoms with E-state index in [1.807, 2.05) is 13.8 Å². The monoisotopic (exact) mass is 241 g/mol. The molecule has 0 aromatic heterocycles. The van der Waals surface area contributed by atoms with Gasteiger partial charge >= 0.3 is 0 Å². The van der Waals surface area contributed by atoms with Gasteiger partial charge in [-0.1, -0.05) is 6.92 Å². The van der Waals surface area contributed by atoms with Crippen LogP contribution in [-0.2, 0) is 14.8 Å². The Labute approximate surface area is 90.2 Å². The molecule has 1 heterocycles. The predicted octanol–water partition coefficient (Wildman–Crippen LogP) is 1.01. The first-order valence-corrected chi connectivity index (χ1v) is 6.76. The zero-order chi connectivity index (χ0) is 10.8. The van der Waals surface area contributed by atoms with E-state index in [0.29, 0.717) is 19.7 Å². The van der Waals surface area contributed by atoms with Gasteiger partial charge in [-0.2, -0.15) is 4.31 Å². The molecule has 0 N–H and O–H groups in total. The highest BCUT2D eigenvalue weighted by Crippen LogP contribution is 2.23. The average molecular weight is 242 g/mol.